The molecule has 0 radical (unpaired) electrons. The molecule has 0 aliphatic carbocycles. The van der Waals surface area contributed by atoms with E-state index in [4.69, 9.17) is 5.11 Å². The predicted molar refractivity (Wildman–Crippen MR) is 87.7 cm³/mol. The zero-order valence-corrected chi connectivity index (χ0v) is 13.3. The minimum atomic E-state index is -3.87. The molecular formula is C15H13N3O5S. The first-order valence-corrected chi connectivity index (χ1v) is 8.31. The summed E-state index contributed by atoms with van der Waals surface area (Å²) in [6.07, 6.45) is 0. The van der Waals surface area contributed by atoms with Crippen molar-refractivity contribution in [2.24, 2.45) is 7.05 Å². The number of benzene rings is 2. The van der Waals surface area contributed by atoms with Crippen LogP contribution in [0.3, 0.4) is 0 Å². The lowest BCUT2D eigenvalue weighted by atomic mass is 10.2. The molecule has 9 heteroatoms. The van der Waals surface area contributed by atoms with E-state index in [1.165, 1.54) is 34.9 Å². The number of aryl methyl sites for hydroxylation is 1. The van der Waals surface area contributed by atoms with E-state index >= 15 is 0 Å². The van der Waals surface area contributed by atoms with Crippen LogP contribution in [-0.4, -0.2) is 29.0 Å². The summed E-state index contributed by atoms with van der Waals surface area (Å²) < 4.78 is 28.5. The Bertz CT molecular complexity index is 1090. The second-order valence-electron chi connectivity index (χ2n) is 5.16. The van der Waals surface area contributed by atoms with Gasteiger partial charge in [0, 0.05) is 7.05 Å². The van der Waals surface area contributed by atoms with E-state index in [0.717, 1.165) is 0 Å². The van der Waals surface area contributed by atoms with Crippen molar-refractivity contribution >= 4 is 32.7 Å². The van der Waals surface area contributed by atoms with Gasteiger partial charge in [-0.25, -0.2) is 18.0 Å². The highest BCUT2D eigenvalue weighted by Crippen LogP contribution is 2.20. The second kappa shape index (κ2) is 5.53. The maximum absolute atomic E-state index is 12.4. The van der Waals surface area contributed by atoms with Gasteiger partial charge in [0.25, 0.3) is 10.0 Å². The SMILES string of the molecule is Cn1c(=O)[nH]c2cc(NS(=O)(=O)c3ccc(C(=O)O)cc3)ccc21. The fraction of sp³-hybridized carbons (Fsp3) is 0.0667. The second-order valence-corrected chi connectivity index (χ2v) is 6.84. The normalized spacial score (nSPS) is 11.5. The van der Waals surface area contributed by atoms with Crippen molar-refractivity contribution in [1.82, 2.24) is 9.55 Å². The molecule has 0 fully saturated rings. The number of nitrogens with one attached hydrogen (secondary N) is 2. The van der Waals surface area contributed by atoms with Gasteiger partial charge in [0.2, 0.25) is 0 Å². The Labute approximate surface area is 136 Å². The highest BCUT2D eigenvalue weighted by molar-refractivity contribution is 7.92. The first-order valence-electron chi connectivity index (χ1n) is 6.83. The van der Waals surface area contributed by atoms with Crippen molar-refractivity contribution in [2.75, 3.05) is 4.72 Å². The first-order chi connectivity index (χ1) is 11.3. The van der Waals surface area contributed by atoms with E-state index in [0.29, 0.717) is 11.0 Å². The number of imidazole rings is 1. The molecule has 1 heterocycles. The molecule has 24 heavy (non-hydrogen) atoms. The quantitative estimate of drug-likeness (QED) is 0.658. The molecule has 0 aliphatic rings. The number of carboxylic acid groups (broad SMARTS) is 1. The van der Waals surface area contributed by atoms with Crippen molar-refractivity contribution < 1.29 is 18.3 Å². The third-order valence-corrected chi connectivity index (χ3v) is 4.97. The molecule has 0 spiro atoms. The van der Waals surface area contributed by atoms with Crippen LogP contribution >= 0.6 is 0 Å². The van der Waals surface area contributed by atoms with Gasteiger partial charge in [0.15, 0.2) is 0 Å². The molecule has 0 saturated carbocycles. The Morgan fingerprint density at radius 3 is 2.46 bits per heavy atom. The van der Waals surface area contributed by atoms with Crippen LogP contribution in [0.25, 0.3) is 11.0 Å². The lowest BCUT2D eigenvalue weighted by Gasteiger charge is -2.08. The summed E-state index contributed by atoms with van der Waals surface area (Å²) in [5.74, 6) is -1.13. The van der Waals surface area contributed by atoms with Crippen LogP contribution in [0.5, 0.6) is 0 Å². The lowest BCUT2D eigenvalue weighted by Crippen LogP contribution is -2.13. The maximum atomic E-state index is 12.4. The van der Waals surface area contributed by atoms with E-state index in [-0.39, 0.29) is 21.8 Å². The lowest BCUT2D eigenvalue weighted by molar-refractivity contribution is 0.0696. The van der Waals surface area contributed by atoms with Gasteiger partial charge < -0.3 is 10.1 Å². The monoisotopic (exact) mass is 347 g/mol. The van der Waals surface area contributed by atoms with Crippen LogP contribution in [-0.2, 0) is 17.1 Å². The molecule has 0 bridgehead atoms. The molecule has 0 aliphatic heterocycles. The van der Waals surface area contributed by atoms with E-state index < -0.39 is 16.0 Å². The summed E-state index contributed by atoms with van der Waals surface area (Å²) in [5.41, 5.74) is 1.14. The molecule has 0 amide bonds. The number of carbonyl (C=O) groups is 1. The summed E-state index contributed by atoms with van der Waals surface area (Å²) in [6, 6.07) is 9.55. The van der Waals surface area contributed by atoms with Gasteiger partial charge in [-0.3, -0.25) is 9.29 Å². The van der Waals surface area contributed by atoms with Crippen LogP contribution in [0.1, 0.15) is 10.4 Å². The zero-order chi connectivity index (χ0) is 17.5. The average Bonchev–Trinajstić information content (AvgIpc) is 2.81. The molecular weight excluding hydrogens is 334 g/mol. The van der Waals surface area contributed by atoms with E-state index in [1.807, 2.05) is 0 Å². The molecule has 3 N–H and O–H groups in total. The summed E-state index contributed by atoms with van der Waals surface area (Å²) in [7, 11) is -2.26. The number of anilines is 1. The van der Waals surface area contributed by atoms with Crippen LogP contribution in [0, 0.1) is 0 Å². The van der Waals surface area contributed by atoms with Gasteiger partial charge in [-0.1, -0.05) is 0 Å². The van der Waals surface area contributed by atoms with Gasteiger partial charge in [-0.2, -0.15) is 0 Å². The molecule has 3 aromatic rings. The summed E-state index contributed by atoms with van der Waals surface area (Å²) in [6.45, 7) is 0. The molecule has 3 rings (SSSR count). The topological polar surface area (TPSA) is 121 Å². The number of hydrogen-bond acceptors (Lipinski definition) is 4. The minimum Gasteiger partial charge on any atom is -0.478 e. The molecule has 0 atom stereocenters. The number of H-pyrrole nitrogens is 1. The maximum Gasteiger partial charge on any atom is 0.335 e. The van der Waals surface area contributed by atoms with Crippen molar-refractivity contribution in [3.63, 3.8) is 0 Å². The molecule has 124 valence electrons. The highest BCUT2D eigenvalue weighted by atomic mass is 32.2. The summed E-state index contributed by atoms with van der Waals surface area (Å²) >= 11 is 0. The largest absolute Gasteiger partial charge is 0.478 e. The van der Waals surface area contributed by atoms with Crippen molar-refractivity contribution in [1.29, 1.82) is 0 Å². The molecule has 8 nitrogen and oxygen atoms in total. The van der Waals surface area contributed by atoms with Crippen LogP contribution in [0.15, 0.2) is 52.2 Å². The van der Waals surface area contributed by atoms with Gasteiger partial charge in [-0.15, -0.1) is 0 Å². The predicted octanol–water partition coefficient (Wildman–Crippen LogP) is 1.37. The van der Waals surface area contributed by atoms with Crippen molar-refractivity contribution in [3.05, 3.63) is 58.5 Å². The number of sulfonamides is 1. The number of carboxylic acids is 1. The van der Waals surface area contributed by atoms with Crippen LogP contribution in [0.2, 0.25) is 0 Å². The number of rotatable bonds is 4. The van der Waals surface area contributed by atoms with Crippen LogP contribution in [0.4, 0.5) is 5.69 Å². The average molecular weight is 347 g/mol. The van der Waals surface area contributed by atoms with E-state index in [9.17, 15) is 18.0 Å². The van der Waals surface area contributed by atoms with Crippen molar-refractivity contribution in [3.8, 4) is 0 Å². The Morgan fingerprint density at radius 2 is 1.83 bits per heavy atom. The Balaban J connectivity index is 1.94. The third-order valence-electron chi connectivity index (χ3n) is 3.57. The van der Waals surface area contributed by atoms with Gasteiger partial charge in [-0.05, 0) is 42.5 Å². The summed E-state index contributed by atoms with van der Waals surface area (Å²) in [4.78, 5) is 24.9. The minimum absolute atomic E-state index is 0.00256. The number of fused-ring (bicyclic) bond motifs is 1. The fourth-order valence-electron chi connectivity index (χ4n) is 2.29. The van der Waals surface area contributed by atoms with E-state index in [2.05, 4.69) is 9.71 Å². The molecule has 0 unspecified atom stereocenters. The number of nitrogens with zero attached hydrogens (tertiary/aromatic N) is 1. The molecule has 1 aromatic heterocycles. The number of hydrogen-bond donors (Lipinski definition) is 3. The standard InChI is InChI=1S/C15H13N3O5S/c1-18-13-7-4-10(8-12(13)16-15(18)21)17-24(22,23)11-5-2-9(3-6-11)14(19)20/h2-8,17H,1H3,(H,16,21)(H,19,20). The molecule has 2 aromatic carbocycles. The Kier molecular flexibility index (Phi) is 3.64. The van der Waals surface area contributed by atoms with E-state index in [1.54, 1.807) is 19.2 Å². The van der Waals surface area contributed by atoms with Crippen molar-refractivity contribution in [2.45, 2.75) is 4.90 Å². The Hall–Kier alpha value is -3.07. The molecule has 0 saturated heterocycles. The van der Waals surface area contributed by atoms with Crippen LogP contribution < -0.4 is 10.4 Å². The number of aromatic amines is 1. The first kappa shape index (κ1) is 15.8. The third kappa shape index (κ3) is 2.76. The zero-order valence-electron chi connectivity index (χ0n) is 12.5. The summed E-state index contributed by atoms with van der Waals surface area (Å²) in [5, 5.41) is 8.84. The highest BCUT2D eigenvalue weighted by Gasteiger charge is 2.16. The number of aromatic nitrogens is 2. The van der Waals surface area contributed by atoms with Gasteiger partial charge in [0.1, 0.15) is 0 Å². The fourth-order valence-corrected chi connectivity index (χ4v) is 3.34. The smallest absolute Gasteiger partial charge is 0.335 e. The Morgan fingerprint density at radius 1 is 1.17 bits per heavy atom. The number of aromatic carboxylic acids is 1. The van der Waals surface area contributed by atoms with Gasteiger partial charge in [0.05, 0.1) is 27.2 Å². The van der Waals surface area contributed by atoms with Gasteiger partial charge >= 0.3 is 11.7 Å².